The summed E-state index contributed by atoms with van der Waals surface area (Å²) in [6, 6.07) is 5.00. The smallest absolute Gasteiger partial charge is 0.223 e. The molecule has 1 aromatic rings. The lowest BCUT2D eigenvalue weighted by atomic mass is 9.85. The molecule has 0 spiro atoms. The van der Waals surface area contributed by atoms with Gasteiger partial charge in [-0.3, -0.25) is 9.59 Å². The number of amides is 1. The quantitative estimate of drug-likeness (QED) is 0.776. The molecule has 5 heteroatoms. The molecule has 0 radical (unpaired) electrons. The molecular formula is C15H21NO4. The van der Waals surface area contributed by atoms with E-state index >= 15 is 0 Å². The van der Waals surface area contributed by atoms with E-state index in [1.54, 1.807) is 32.0 Å². The standard InChI is InChI=1S/C15H21NO4/c1-15(2,14(16)18)8-7-11(17)10-5-6-12(19-3)13(9-10)20-4/h5-6,9H,7-8H2,1-4H3,(H2,16,18). The molecule has 0 bridgehead atoms. The molecule has 20 heavy (non-hydrogen) atoms. The van der Waals surface area contributed by atoms with E-state index in [9.17, 15) is 9.59 Å². The highest BCUT2D eigenvalue weighted by atomic mass is 16.5. The summed E-state index contributed by atoms with van der Waals surface area (Å²) in [4.78, 5) is 23.4. The largest absolute Gasteiger partial charge is 0.493 e. The monoisotopic (exact) mass is 279 g/mol. The third-order valence-corrected chi connectivity index (χ3v) is 3.35. The third kappa shape index (κ3) is 3.73. The van der Waals surface area contributed by atoms with E-state index in [4.69, 9.17) is 15.2 Å². The van der Waals surface area contributed by atoms with Crippen molar-refractivity contribution in [3.8, 4) is 11.5 Å². The number of carbonyl (C=O) groups excluding carboxylic acids is 2. The van der Waals surface area contributed by atoms with Crippen molar-refractivity contribution in [2.45, 2.75) is 26.7 Å². The molecule has 0 aliphatic carbocycles. The van der Waals surface area contributed by atoms with E-state index in [0.29, 0.717) is 23.5 Å². The van der Waals surface area contributed by atoms with Gasteiger partial charge in [0.2, 0.25) is 5.91 Å². The van der Waals surface area contributed by atoms with E-state index in [-0.39, 0.29) is 12.2 Å². The number of carbonyl (C=O) groups is 2. The van der Waals surface area contributed by atoms with Crippen molar-refractivity contribution in [1.29, 1.82) is 0 Å². The summed E-state index contributed by atoms with van der Waals surface area (Å²) >= 11 is 0. The van der Waals surface area contributed by atoms with Gasteiger partial charge in [-0.05, 0) is 24.6 Å². The lowest BCUT2D eigenvalue weighted by molar-refractivity contribution is -0.126. The molecule has 1 amide bonds. The van der Waals surface area contributed by atoms with Gasteiger partial charge in [-0.25, -0.2) is 0 Å². The minimum absolute atomic E-state index is 0.0553. The van der Waals surface area contributed by atoms with Crippen molar-refractivity contribution >= 4 is 11.7 Å². The maximum absolute atomic E-state index is 12.1. The number of hydrogen-bond donors (Lipinski definition) is 1. The summed E-state index contributed by atoms with van der Waals surface area (Å²) in [6.07, 6.45) is 0.668. The van der Waals surface area contributed by atoms with E-state index < -0.39 is 11.3 Å². The van der Waals surface area contributed by atoms with Gasteiger partial charge in [0.05, 0.1) is 14.2 Å². The van der Waals surface area contributed by atoms with Gasteiger partial charge in [0.15, 0.2) is 17.3 Å². The van der Waals surface area contributed by atoms with Gasteiger partial charge >= 0.3 is 0 Å². The Labute approximate surface area is 119 Å². The van der Waals surface area contributed by atoms with E-state index in [1.165, 1.54) is 14.2 Å². The Bertz CT molecular complexity index is 509. The summed E-state index contributed by atoms with van der Waals surface area (Å²) in [6.45, 7) is 3.47. The highest BCUT2D eigenvalue weighted by Crippen LogP contribution is 2.29. The topological polar surface area (TPSA) is 78.6 Å². The Kier molecular flexibility index (Phi) is 5.13. The summed E-state index contributed by atoms with van der Waals surface area (Å²) in [5.74, 6) is 0.618. The van der Waals surface area contributed by atoms with Gasteiger partial charge in [-0.15, -0.1) is 0 Å². The fourth-order valence-corrected chi connectivity index (χ4v) is 1.70. The molecule has 0 atom stereocenters. The number of ketones is 1. The molecule has 0 heterocycles. The second-order valence-corrected chi connectivity index (χ2v) is 5.24. The van der Waals surface area contributed by atoms with Gasteiger partial charge in [0.25, 0.3) is 0 Å². The maximum atomic E-state index is 12.1. The fourth-order valence-electron chi connectivity index (χ4n) is 1.70. The normalized spacial score (nSPS) is 11.0. The highest BCUT2D eigenvalue weighted by Gasteiger charge is 2.26. The number of Topliss-reactive ketones (excluding diaryl/α,β-unsaturated/α-hetero) is 1. The average Bonchev–Trinajstić information content (AvgIpc) is 2.43. The highest BCUT2D eigenvalue weighted by molar-refractivity contribution is 5.97. The van der Waals surface area contributed by atoms with Crippen molar-refractivity contribution in [3.05, 3.63) is 23.8 Å². The maximum Gasteiger partial charge on any atom is 0.223 e. The van der Waals surface area contributed by atoms with E-state index in [0.717, 1.165) is 0 Å². The van der Waals surface area contributed by atoms with Crippen LogP contribution in [0.5, 0.6) is 11.5 Å². The predicted molar refractivity (Wildman–Crippen MR) is 76.1 cm³/mol. The molecule has 5 nitrogen and oxygen atoms in total. The van der Waals surface area contributed by atoms with Crippen molar-refractivity contribution in [3.63, 3.8) is 0 Å². The molecule has 0 aromatic heterocycles. The molecule has 1 aromatic carbocycles. The van der Waals surface area contributed by atoms with Crippen LogP contribution in [0.2, 0.25) is 0 Å². The number of benzene rings is 1. The van der Waals surface area contributed by atoms with E-state index in [1.807, 2.05) is 0 Å². The Balaban J connectivity index is 2.81. The van der Waals surface area contributed by atoms with Crippen LogP contribution >= 0.6 is 0 Å². The van der Waals surface area contributed by atoms with Gasteiger partial charge in [-0.2, -0.15) is 0 Å². The zero-order chi connectivity index (χ0) is 15.3. The Morgan fingerprint density at radius 3 is 2.25 bits per heavy atom. The lowest BCUT2D eigenvalue weighted by Gasteiger charge is -2.19. The number of primary amides is 1. The molecule has 0 aliphatic heterocycles. The van der Waals surface area contributed by atoms with Crippen LogP contribution in [0.25, 0.3) is 0 Å². The van der Waals surface area contributed by atoms with Crippen LogP contribution in [0.1, 0.15) is 37.0 Å². The second-order valence-electron chi connectivity index (χ2n) is 5.24. The van der Waals surface area contributed by atoms with Crippen LogP contribution < -0.4 is 15.2 Å². The first-order chi connectivity index (χ1) is 9.31. The predicted octanol–water partition coefficient (Wildman–Crippen LogP) is 2.18. The number of nitrogens with two attached hydrogens (primary N) is 1. The molecule has 0 saturated carbocycles. The molecule has 1 rings (SSSR count). The fraction of sp³-hybridized carbons (Fsp3) is 0.467. The van der Waals surface area contributed by atoms with Crippen LogP contribution in [0.4, 0.5) is 0 Å². The van der Waals surface area contributed by atoms with E-state index in [2.05, 4.69) is 0 Å². The number of methoxy groups -OCH3 is 2. The van der Waals surface area contributed by atoms with Gasteiger partial charge in [0.1, 0.15) is 0 Å². The first-order valence-electron chi connectivity index (χ1n) is 6.37. The SMILES string of the molecule is COc1ccc(C(=O)CCC(C)(C)C(N)=O)cc1OC. The first-order valence-corrected chi connectivity index (χ1v) is 6.37. The Morgan fingerprint density at radius 2 is 1.75 bits per heavy atom. The lowest BCUT2D eigenvalue weighted by Crippen LogP contribution is -2.31. The summed E-state index contributed by atoms with van der Waals surface area (Å²) in [7, 11) is 3.05. The number of ether oxygens (including phenoxy) is 2. The van der Waals surface area contributed by atoms with Crippen LogP contribution in [0.3, 0.4) is 0 Å². The van der Waals surface area contributed by atoms with Crippen molar-refractivity contribution < 1.29 is 19.1 Å². The molecular weight excluding hydrogens is 258 g/mol. The van der Waals surface area contributed by atoms with Gasteiger partial charge in [-0.1, -0.05) is 13.8 Å². The molecule has 0 fully saturated rings. The number of hydrogen-bond acceptors (Lipinski definition) is 4. The Morgan fingerprint density at radius 1 is 1.15 bits per heavy atom. The molecule has 0 aliphatic rings. The molecule has 110 valence electrons. The summed E-state index contributed by atoms with van der Waals surface area (Å²) in [5.41, 5.74) is 5.13. The minimum Gasteiger partial charge on any atom is -0.493 e. The summed E-state index contributed by atoms with van der Waals surface area (Å²) in [5, 5.41) is 0. The van der Waals surface area contributed by atoms with Crippen LogP contribution in [0, 0.1) is 5.41 Å². The first kappa shape index (κ1) is 16.0. The second kappa shape index (κ2) is 6.41. The van der Waals surface area contributed by atoms with Crippen molar-refractivity contribution in [1.82, 2.24) is 0 Å². The molecule has 0 saturated heterocycles. The average molecular weight is 279 g/mol. The zero-order valence-electron chi connectivity index (χ0n) is 12.4. The third-order valence-electron chi connectivity index (χ3n) is 3.35. The summed E-state index contributed by atoms with van der Waals surface area (Å²) < 4.78 is 10.3. The van der Waals surface area contributed by atoms with Crippen LogP contribution in [-0.2, 0) is 4.79 Å². The van der Waals surface area contributed by atoms with Gasteiger partial charge < -0.3 is 15.2 Å². The minimum atomic E-state index is -0.688. The van der Waals surface area contributed by atoms with Crippen LogP contribution in [-0.4, -0.2) is 25.9 Å². The number of rotatable bonds is 7. The van der Waals surface area contributed by atoms with Gasteiger partial charge in [0, 0.05) is 17.4 Å². The molecule has 2 N–H and O–H groups in total. The zero-order valence-corrected chi connectivity index (χ0v) is 12.4. The molecule has 0 unspecified atom stereocenters. The van der Waals surface area contributed by atoms with Crippen molar-refractivity contribution in [2.24, 2.45) is 11.1 Å². The van der Waals surface area contributed by atoms with Crippen LogP contribution in [0.15, 0.2) is 18.2 Å². The van der Waals surface area contributed by atoms with Crippen molar-refractivity contribution in [2.75, 3.05) is 14.2 Å². The Hall–Kier alpha value is -2.04.